The van der Waals surface area contributed by atoms with Crippen molar-refractivity contribution in [2.45, 2.75) is 52.2 Å². The van der Waals surface area contributed by atoms with Gasteiger partial charge in [-0.1, -0.05) is 26.0 Å². The number of benzene rings is 2. The molecule has 0 aliphatic rings. The van der Waals surface area contributed by atoms with Crippen LogP contribution in [-0.4, -0.2) is 57.1 Å². The minimum Gasteiger partial charge on any atom is -0.497 e. The van der Waals surface area contributed by atoms with Crippen molar-refractivity contribution in [1.82, 2.24) is 10.2 Å². The zero-order valence-corrected chi connectivity index (χ0v) is 21.9. The third kappa shape index (κ3) is 7.64. The number of hydrogen-bond donors (Lipinski definition) is 1. The molecule has 2 atom stereocenters. The van der Waals surface area contributed by atoms with Crippen LogP contribution in [0.2, 0.25) is 0 Å². The van der Waals surface area contributed by atoms with Crippen molar-refractivity contribution in [3.8, 4) is 5.75 Å². The molecular formula is C25H33F2N3O5S. The molecule has 198 valence electrons. The average Bonchev–Trinajstić information content (AvgIpc) is 2.83. The quantitative estimate of drug-likeness (QED) is 0.458. The highest BCUT2D eigenvalue weighted by molar-refractivity contribution is 7.92. The molecule has 1 N–H and O–H groups in total. The molecule has 36 heavy (non-hydrogen) atoms. The van der Waals surface area contributed by atoms with E-state index in [9.17, 15) is 26.8 Å². The van der Waals surface area contributed by atoms with Crippen LogP contribution in [0.3, 0.4) is 0 Å². The zero-order chi connectivity index (χ0) is 27.0. The molecule has 0 spiro atoms. The number of methoxy groups -OCH3 is 1. The van der Waals surface area contributed by atoms with Gasteiger partial charge >= 0.3 is 0 Å². The van der Waals surface area contributed by atoms with Crippen LogP contribution in [0.5, 0.6) is 5.75 Å². The molecule has 11 heteroatoms. The average molecular weight is 526 g/mol. The fourth-order valence-electron chi connectivity index (χ4n) is 3.58. The second-order valence-electron chi connectivity index (χ2n) is 8.48. The Labute approximate surface area is 211 Å². The molecule has 2 rings (SSSR count). The first-order chi connectivity index (χ1) is 16.9. The monoisotopic (exact) mass is 525 g/mol. The Kier molecular flexibility index (Phi) is 10.2. The van der Waals surface area contributed by atoms with E-state index < -0.39 is 40.2 Å². The Bertz CT molecular complexity index is 1180. The number of nitrogens with zero attached hydrogens (tertiary/aromatic N) is 2. The summed E-state index contributed by atoms with van der Waals surface area (Å²) in [5, 5.41) is 2.87. The van der Waals surface area contributed by atoms with Gasteiger partial charge < -0.3 is 15.0 Å². The molecule has 0 unspecified atom stereocenters. The van der Waals surface area contributed by atoms with Crippen LogP contribution in [0.1, 0.15) is 39.2 Å². The maximum Gasteiger partial charge on any atom is 0.244 e. The first kappa shape index (κ1) is 29.0. The predicted molar refractivity (Wildman–Crippen MR) is 134 cm³/mol. The Morgan fingerprint density at radius 3 is 2.31 bits per heavy atom. The molecule has 0 aliphatic carbocycles. The minimum atomic E-state index is -4.06. The first-order valence-corrected chi connectivity index (χ1v) is 13.4. The lowest BCUT2D eigenvalue weighted by molar-refractivity contribution is -0.140. The van der Waals surface area contributed by atoms with Gasteiger partial charge in [-0.25, -0.2) is 17.2 Å². The lowest BCUT2D eigenvalue weighted by Crippen LogP contribution is -2.53. The fourth-order valence-corrected chi connectivity index (χ4v) is 4.42. The number of ether oxygens (including phenoxy) is 1. The third-order valence-electron chi connectivity index (χ3n) is 5.74. The van der Waals surface area contributed by atoms with Gasteiger partial charge in [-0.15, -0.1) is 0 Å². The largest absolute Gasteiger partial charge is 0.497 e. The molecule has 0 saturated carbocycles. The molecule has 0 aromatic heterocycles. The van der Waals surface area contributed by atoms with Crippen molar-refractivity contribution in [3.63, 3.8) is 0 Å². The molecule has 0 saturated heterocycles. The van der Waals surface area contributed by atoms with E-state index in [0.29, 0.717) is 28.1 Å². The van der Waals surface area contributed by atoms with Crippen LogP contribution in [0.4, 0.5) is 14.5 Å². The molecule has 0 fully saturated rings. The number of anilines is 1. The summed E-state index contributed by atoms with van der Waals surface area (Å²) in [6, 6.07) is 8.48. The number of amides is 2. The summed E-state index contributed by atoms with van der Waals surface area (Å²) in [5.74, 6) is -2.90. The van der Waals surface area contributed by atoms with Gasteiger partial charge in [0.15, 0.2) is 11.6 Å². The molecule has 0 heterocycles. The summed E-state index contributed by atoms with van der Waals surface area (Å²) < 4.78 is 58.3. The van der Waals surface area contributed by atoms with E-state index in [-0.39, 0.29) is 30.6 Å². The molecule has 0 bridgehead atoms. The number of rotatable bonds is 12. The second kappa shape index (κ2) is 12.7. The third-order valence-corrected chi connectivity index (χ3v) is 6.88. The number of carbonyl (C=O) groups excluding carboxylic acids is 2. The summed E-state index contributed by atoms with van der Waals surface area (Å²) in [6.45, 7) is 4.79. The van der Waals surface area contributed by atoms with Gasteiger partial charge in [-0.3, -0.25) is 13.9 Å². The van der Waals surface area contributed by atoms with E-state index in [1.54, 1.807) is 31.2 Å². The molecule has 2 aromatic rings. The van der Waals surface area contributed by atoms with Crippen LogP contribution < -0.4 is 14.4 Å². The second-order valence-corrected chi connectivity index (χ2v) is 10.4. The van der Waals surface area contributed by atoms with Crippen molar-refractivity contribution in [2.24, 2.45) is 0 Å². The van der Waals surface area contributed by atoms with E-state index in [1.807, 2.05) is 13.8 Å². The summed E-state index contributed by atoms with van der Waals surface area (Å²) in [4.78, 5) is 28.0. The summed E-state index contributed by atoms with van der Waals surface area (Å²) in [7, 11) is -2.56. The normalized spacial score (nSPS) is 13.0. The van der Waals surface area contributed by atoms with Crippen LogP contribution in [0.25, 0.3) is 0 Å². The predicted octanol–water partition coefficient (Wildman–Crippen LogP) is 3.46. The highest BCUT2D eigenvalue weighted by Crippen LogP contribution is 2.22. The summed E-state index contributed by atoms with van der Waals surface area (Å²) in [5.41, 5.74) is 0.458. The van der Waals surface area contributed by atoms with Gasteiger partial charge in [-0.2, -0.15) is 0 Å². The number of halogens is 2. The van der Waals surface area contributed by atoms with Crippen molar-refractivity contribution < 1.29 is 31.5 Å². The van der Waals surface area contributed by atoms with Crippen molar-refractivity contribution >= 4 is 27.5 Å². The lowest BCUT2D eigenvalue weighted by Gasteiger charge is -2.33. The van der Waals surface area contributed by atoms with Gasteiger partial charge in [-0.05, 0) is 49.6 Å². The Balaban J connectivity index is 2.47. The highest BCUT2D eigenvalue weighted by atomic mass is 32.2. The number of sulfonamides is 1. The molecular weight excluding hydrogens is 492 g/mol. The molecule has 8 nitrogen and oxygen atoms in total. The standard InChI is InChI=1S/C25H33F2N3O5S/c1-6-17(3)28-25(32)23(7-2)29(15-18-9-8-10-20(13-18)35-4)24(31)16-30(36(5,33)34)19-11-12-21(26)22(27)14-19/h8-14,17,23H,6-7,15-16H2,1-5H3,(H,28,32)/t17-,23-/m0/s1. The molecule has 0 aliphatic heterocycles. The Hall–Kier alpha value is -3.21. The van der Waals surface area contributed by atoms with Crippen molar-refractivity contribution in [1.29, 1.82) is 0 Å². The Morgan fingerprint density at radius 1 is 1.06 bits per heavy atom. The van der Waals surface area contributed by atoms with Crippen LogP contribution in [0.15, 0.2) is 42.5 Å². The summed E-state index contributed by atoms with van der Waals surface area (Å²) >= 11 is 0. The van der Waals surface area contributed by atoms with Gasteiger partial charge in [0.2, 0.25) is 21.8 Å². The van der Waals surface area contributed by atoms with Gasteiger partial charge in [0.25, 0.3) is 0 Å². The summed E-state index contributed by atoms with van der Waals surface area (Å²) in [6.07, 6.45) is 1.81. The van der Waals surface area contributed by atoms with Crippen LogP contribution in [-0.2, 0) is 26.2 Å². The van der Waals surface area contributed by atoms with Crippen LogP contribution in [0, 0.1) is 11.6 Å². The molecule has 2 amide bonds. The van der Waals surface area contributed by atoms with E-state index >= 15 is 0 Å². The molecule has 0 radical (unpaired) electrons. The van der Waals surface area contributed by atoms with Crippen LogP contribution >= 0.6 is 0 Å². The van der Waals surface area contributed by atoms with E-state index in [1.165, 1.54) is 12.0 Å². The van der Waals surface area contributed by atoms with Gasteiger partial charge in [0.05, 0.1) is 19.1 Å². The number of carbonyl (C=O) groups is 2. The Morgan fingerprint density at radius 2 is 1.75 bits per heavy atom. The lowest BCUT2D eigenvalue weighted by atomic mass is 10.1. The van der Waals surface area contributed by atoms with Gasteiger partial charge in [0.1, 0.15) is 18.3 Å². The van der Waals surface area contributed by atoms with E-state index in [2.05, 4.69) is 5.32 Å². The highest BCUT2D eigenvalue weighted by Gasteiger charge is 2.32. The number of hydrogen-bond acceptors (Lipinski definition) is 5. The van der Waals surface area contributed by atoms with E-state index in [0.717, 1.165) is 18.4 Å². The minimum absolute atomic E-state index is 0.00214. The maximum atomic E-state index is 13.9. The maximum absolute atomic E-state index is 13.9. The first-order valence-electron chi connectivity index (χ1n) is 11.6. The topological polar surface area (TPSA) is 96.0 Å². The van der Waals surface area contributed by atoms with Crippen molar-refractivity contribution in [3.05, 3.63) is 59.7 Å². The molecule has 2 aromatic carbocycles. The zero-order valence-electron chi connectivity index (χ0n) is 21.1. The van der Waals surface area contributed by atoms with Crippen molar-refractivity contribution in [2.75, 3.05) is 24.2 Å². The SMILES string of the molecule is CC[C@H](C)NC(=O)[C@H](CC)N(Cc1cccc(OC)c1)C(=O)CN(c1ccc(F)c(F)c1)S(C)(=O)=O. The van der Waals surface area contributed by atoms with E-state index in [4.69, 9.17) is 4.74 Å². The fraction of sp³-hybridized carbons (Fsp3) is 0.440. The number of nitrogens with one attached hydrogen (secondary N) is 1. The van der Waals surface area contributed by atoms with Gasteiger partial charge in [0, 0.05) is 18.7 Å². The smallest absolute Gasteiger partial charge is 0.244 e.